The van der Waals surface area contributed by atoms with Crippen molar-refractivity contribution < 1.29 is 20.1 Å². The number of hydrogen-bond acceptors (Lipinski definition) is 3. The average molecular weight is 399 g/mol. The third kappa shape index (κ3) is 4.58. The van der Waals surface area contributed by atoms with Crippen molar-refractivity contribution in [3.05, 3.63) is 57.6 Å². The summed E-state index contributed by atoms with van der Waals surface area (Å²) in [6.45, 7) is 13.6. The molecule has 0 spiro atoms. The highest BCUT2D eigenvalue weighted by atomic mass is 16.4. The molecule has 0 saturated carbocycles. The molecule has 4 heteroatoms. The number of carbonyl (C=O) groups is 1. The van der Waals surface area contributed by atoms with Gasteiger partial charge in [0.05, 0.1) is 0 Å². The van der Waals surface area contributed by atoms with Crippen LogP contribution in [-0.2, 0) is 23.1 Å². The first kappa shape index (κ1) is 22.8. The van der Waals surface area contributed by atoms with Crippen molar-refractivity contribution in [1.82, 2.24) is 0 Å². The van der Waals surface area contributed by atoms with E-state index in [-0.39, 0.29) is 11.5 Å². The van der Waals surface area contributed by atoms with Gasteiger partial charge in [-0.25, -0.2) is 0 Å². The lowest BCUT2D eigenvalue weighted by atomic mass is 9.73. The van der Waals surface area contributed by atoms with Crippen LogP contribution in [0, 0.1) is 25.7 Å². The van der Waals surface area contributed by atoms with Crippen molar-refractivity contribution >= 4 is 5.97 Å². The molecule has 0 bridgehead atoms. The van der Waals surface area contributed by atoms with Gasteiger partial charge < -0.3 is 15.3 Å². The van der Waals surface area contributed by atoms with E-state index in [0.717, 1.165) is 11.1 Å². The number of aliphatic carboxylic acids is 1. The predicted octanol–water partition coefficient (Wildman–Crippen LogP) is 5.50. The van der Waals surface area contributed by atoms with Crippen LogP contribution in [0.3, 0.4) is 0 Å². The minimum Gasteiger partial charge on any atom is -0.507 e. The molecular formula is C25H34O4. The zero-order valence-electron chi connectivity index (χ0n) is 18.6. The Bertz CT molecular complexity index is 844. The van der Waals surface area contributed by atoms with Gasteiger partial charge in [-0.15, -0.1) is 0 Å². The summed E-state index contributed by atoms with van der Waals surface area (Å²) in [5.74, 6) is 0.175. The van der Waals surface area contributed by atoms with Crippen LogP contribution in [0.2, 0.25) is 0 Å². The molecule has 158 valence electrons. The quantitative estimate of drug-likeness (QED) is 0.575. The summed E-state index contributed by atoms with van der Waals surface area (Å²) in [6.07, 6.45) is 1.34. The Morgan fingerprint density at radius 3 is 1.45 bits per heavy atom. The minimum atomic E-state index is -1.30. The number of benzene rings is 2. The van der Waals surface area contributed by atoms with E-state index in [9.17, 15) is 20.1 Å². The summed E-state index contributed by atoms with van der Waals surface area (Å²) in [7, 11) is 0. The van der Waals surface area contributed by atoms with Crippen LogP contribution >= 0.6 is 0 Å². The Labute approximate surface area is 174 Å². The molecule has 0 amide bonds. The summed E-state index contributed by atoms with van der Waals surface area (Å²) >= 11 is 0. The van der Waals surface area contributed by atoms with Crippen LogP contribution in [0.25, 0.3) is 0 Å². The molecule has 0 heterocycles. The fourth-order valence-electron chi connectivity index (χ4n) is 3.89. The van der Waals surface area contributed by atoms with Crippen LogP contribution in [0.1, 0.15) is 68.0 Å². The van der Waals surface area contributed by atoms with Gasteiger partial charge in [-0.2, -0.15) is 0 Å². The lowest BCUT2D eigenvalue weighted by molar-refractivity contribution is -0.141. The van der Waals surface area contributed by atoms with Crippen LogP contribution in [0.4, 0.5) is 0 Å². The van der Waals surface area contributed by atoms with Gasteiger partial charge in [0.15, 0.2) is 0 Å². The van der Waals surface area contributed by atoms with Gasteiger partial charge in [0.1, 0.15) is 16.9 Å². The van der Waals surface area contributed by atoms with Gasteiger partial charge in [0.2, 0.25) is 0 Å². The molecular weight excluding hydrogens is 364 g/mol. The number of aryl methyl sites for hydroxylation is 2. The Hall–Kier alpha value is -2.49. The van der Waals surface area contributed by atoms with E-state index in [1.807, 2.05) is 12.1 Å². The first-order valence-corrected chi connectivity index (χ1v) is 10.3. The summed E-state index contributed by atoms with van der Waals surface area (Å²) in [4.78, 5) is 12.6. The topological polar surface area (TPSA) is 77.8 Å². The SMILES string of the molecule is Cc1cc(C(C)(C(=O)O)c2cc(C)c(O)c(CC(C)C)c2)cc(CC(C)C)c1O. The Morgan fingerprint density at radius 1 is 0.828 bits per heavy atom. The Morgan fingerprint density at radius 2 is 1.17 bits per heavy atom. The lowest BCUT2D eigenvalue weighted by Crippen LogP contribution is -2.34. The number of hydrogen-bond donors (Lipinski definition) is 3. The molecule has 29 heavy (non-hydrogen) atoms. The standard InChI is InChI=1S/C25H34O4/c1-14(2)8-18-12-20(10-16(5)22(18)26)25(7,24(28)29)21-11-17(6)23(27)19(13-21)9-15(3)4/h10-15,26-27H,8-9H2,1-7H3,(H,28,29). The van der Waals surface area contributed by atoms with Crippen LogP contribution in [0.15, 0.2) is 24.3 Å². The molecule has 0 unspecified atom stereocenters. The third-order valence-electron chi connectivity index (χ3n) is 5.60. The number of phenolic OH excluding ortho intramolecular Hbond substituents is 2. The molecule has 2 rings (SSSR count). The number of aromatic hydroxyl groups is 2. The molecule has 0 aliphatic carbocycles. The molecule has 0 aliphatic rings. The molecule has 0 saturated heterocycles. The van der Waals surface area contributed by atoms with Crippen molar-refractivity contribution in [2.45, 2.75) is 66.7 Å². The van der Waals surface area contributed by atoms with Gasteiger partial charge in [-0.3, -0.25) is 4.79 Å². The first-order valence-electron chi connectivity index (χ1n) is 10.3. The van der Waals surface area contributed by atoms with Gasteiger partial charge in [0.25, 0.3) is 0 Å². The summed E-state index contributed by atoms with van der Waals surface area (Å²) in [6, 6.07) is 7.16. The van der Waals surface area contributed by atoms with Crippen LogP contribution < -0.4 is 0 Å². The van der Waals surface area contributed by atoms with Crippen LogP contribution in [0.5, 0.6) is 11.5 Å². The van der Waals surface area contributed by atoms with Crippen molar-refractivity contribution in [3.8, 4) is 11.5 Å². The lowest BCUT2D eigenvalue weighted by Gasteiger charge is -2.29. The van der Waals surface area contributed by atoms with E-state index in [2.05, 4.69) is 27.7 Å². The fraction of sp³-hybridized carbons (Fsp3) is 0.480. The van der Waals surface area contributed by atoms with E-state index >= 15 is 0 Å². The van der Waals surface area contributed by atoms with E-state index < -0.39 is 11.4 Å². The Balaban J connectivity index is 2.75. The average Bonchev–Trinajstić information content (AvgIpc) is 2.60. The van der Waals surface area contributed by atoms with E-state index in [1.165, 1.54) is 0 Å². The highest BCUT2D eigenvalue weighted by Gasteiger charge is 2.39. The van der Waals surface area contributed by atoms with E-state index in [1.54, 1.807) is 32.9 Å². The number of carboxylic acid groups (broad SMARTS) is 1. The summed E-state index contributed by atoms with van der Waals surface area (Å²) in [5, 5.41) is 31.3. The van der Waals surface area contributed by atoms with E-state index in [0.29, 0.717) is 46.9 Å². The minimum absolute atomic E-state index is 0.234. The second-order valence-electron chi connectivity index (χ2n) is 9.23. The number of rotatable bonds is 7. The van der Waals surface area contributed by atoms with Crippen molar-refractivity contribution in [2.75, 3.05) is 0 Å². The maximum absolute atomic E-state index is 12.6. The Kier molecular flexibility index (Phi) is 6.67. The highest BCUT2D eigenvalue weighted by molar-refractivity contribution is 5.86. The van der Waals surface area contributed by atoms with Crippen LogP contribution in [-0.4, -0.2) is 21.3 Å². The molecule has 0 aliphatic heterocycles. The van der Waals surface area contributed by atoms with Gasteiger partial charge >= 0.3 is 5.97 Å². The molecule has 3 N–H and O–H groups in total. The van der Waals surface area contributed by atoms with Gasteiger partial charge in [-0.05, 0) is 78.8 Å². The van der Waals surface area contributed by atoms with Crippen molar-refractivity contribution in [2.24, 2.45) is 11.8 Å². The van der Waals surface area contributed by atoms with Crippen molar-refractivity contribution in [3.63, 3.8) is 0 Å². The van der Waals surface area contributed by atoms with Gasteiger partial charge in [-0.1, -0.05) is 52.0 Å². The molecule has 0 aromatic heterocycles. The molecule has 0 fully saturated rings. The normalized spacial score (nSPS) is 12.0. The predicted molar refractivity (Wildman–Crippen MR) is 117 cm³/mol. The largest absolute Gasteiger partial charge is 0.507 e. The second-order valence-corrected chi connectivity index (χ2v) is 9.23. The molecule has 2 aromatic carbocycles. The maximum atomic E-state index is 12.6. The number of phenols is 2. The second kappa shape index (κ2) is 8.48. The molecule has 2 aromatic rings. The van der Waals surface area contributed by atoms with Crippen molar-refractivity contribution in [1.29, 1.82) is 0 Å². The summed E-state index contributed by atoms with van der Waals surface area (Å²) < 4.78 is 0. The van der Waals surface area contributed by atoms with Gasteiger partial charge in [0, 0.05) is 0 Å². The number of carboxylic acids is 1. The summed E-state index contributed by atoms with van der Waals surface area (Å²) in [5.41, 5.74) is 2.84. The third-order valence-corrected chi connectivity index (χ3v) is 5.60. The first-order chi connectivity index (χ1) is 13.4. The fourth-order valence-corrected chi connectivity index (χ4v) is 3.89. The molecule has 0 atom stereocenters. The smallest absolute Gasteiger partial charge is 0.318 e. The monoisotopic (exact) mass is 398 g/mol. The zero-order chi connectivity index (χ0) is 22.1. The van der Waals surface area contributed by atoms with E-state index in [4.69, 9.17) is 0 Å². The zero-order valence-corrected chi connectivity index (χ0v) is 18.6. The highest BCUT2D eigenvalue weighted by Crippen LogP contribution is 2.39. The molecule has 0 radical (unpaired) electrons. The molecule has 4 nitrogen and oxygen atoms in total. The maximum Gasteiger partial charge on any atom is 0.318 e.